The summed E-state index contributed by atoms with van der Waals surface area (Å²) >= 11 is 0. The number of rotatable bonds is 5. The average molecular weight is 405 g/mol. The number of nitrogens with zero attached hydrogens (tertiary/aromatic N) is 5. The van der Waals surface area contributed by atoms with Gasteiger partial charge >= 0.3 is 11.9 Å². The van der Waals surface area contributed by atoms with Gasteiger partial charge < -0.3 is 4.84 Å². The number of aryl methyl sites for hydroxylation is 2. The van der Waals surface area contributed by atoms with Crippen LogP contribution in [0.15, 0.2) is 52.4 Å². The first-order chi connectivity index (χ1) is 13.7. The minimum absolute atomic E-state index is 0.340. The van der Waals surface area contributed by atoms with Crippen LogP contribution >= 0.6 is 0 Å². The van der Waals surface area contributed by atoms with E-state index >= 15 is 0 Å². The molecule has 0 saturated carbocycles. The number of oxime groups is 1. The van der Waals surface area contributed by atoms with Gasteiger partial charge in [-0.1, -0.05) is 29.4 Å². The summed E-state index contributed by atoms with van der Waals surface area (Å²) in [7, 11) is 1.48. The Labute approximate surface area is 164 Å². The summed E-state index contributed by atoms with van der Waals surface area (Å²) in [6, 6.07) is 10.1. The highest BCUT2D eigenvalue weighted by atomic mass is 19.4. The molecular weight excluding hydrogens is 387 g/mol. The number of alkyl halides is 3. The molecule has 152 valence electrons. The van der Waals surface area contributed by atoms with E-state index in [2.05, 4.69) is 15.6 Å². The SMILES string of the molecule is Cc1cccc(-n2nnn(C)c2=O)c1/C=N/OC(C)c1cccc(C(F)(F)F)c1. The zero-order valence-electron chi connectivity index (χ0n) is 15.9. The molecule has 29 heavy (non-hydrogen) atoms. The van der Waals surface area contributed by atoms with Gasteiger partial charge in [0.25, 0.3) is 0 Å². The summed E-state index contributed by atoms with van der Waals surface area (Å²) in [5.41, 5.74) is 1.00. The van der Waals surface area contributed by atoms with E-state index in [0.29, 0.717) is 16.8 Å². The quantitative estimate of drug-likeness (QED) is 0.482. The third-order valence-corrected chi connectivity index (χ3v) is 4.34. The van der Waals surface area contributed by atoms with E-state index in [0.717, 1.165) is 27.1 Å². The summed E-state index contributed by atoms with van der Waals surface area (Å²) in [6.07, 6.45) is -3.74. The normalized spacial score (nSPS) is 13.0. The third-order valence-electron chi connectivity index (χ3n) is 4.34. The summed E-state index contributed by atoms with van der Waals surface area (Å²) in [6.45, 7) is 3.42. The predicted octanol–water partition coefficient (Wildman–Crippen LogP) is 3.40. The lowest BCUT2D eigenvalue weighted by atomic mass is 10.1. The highest BCUT2D eigenvalue weighted by Crippen LogP contribution is 2.31. The zero-order valence-corrected chi connectivity index (χ0v) is 15.9. The van der Waals surface area contributed by atoms with E-state index in [1.807, 2.05) is 13.0 Å². The van der Waals surface area contributed by atoms with Gasteiger partial charge in [-0.15, -0.1) is 0 Å². The fraction of sp³-hybridized carbons (Fsp3) is 0.263. The number of hydrogen-bond acceptors (Lipinski definition) is 5. The van der Waals surface area contributed by atoms with Gasteiger partial charge in [0.15, 0.2) is 0 Å². The van der Waals surface area contributed by atoms with Gasteiger partial charge in [0.2, 0.25) is 0 Å². The number of tetrazole rings is 1. The van der Waals surface area contributed by atoms with Gasteiger partial charge in [-0.3, -0.25) is 0 Å². The van der Waals surface area contributed by atoms with E-state index in [1.54, 1.807) is 19.1 Å². The summed E-state index contributed by atoms with van der Waals surface area (Å²) in [5, 5.41) is 11.4. The summed E-state index contributed by atoms with van der Waals surface area (Å²) in [5.74, 6) is 0. The number of halogens is 3. The van der Waals surface area contributed by atoms with Crippen LogP contribution in [-0.4, -0.2) is 26.0 Å². The Hall–Kier alpha value is -3.43. The van der Waals surface area contributed by atoms with Crippen molar-refractivity contribution in [1.29, 1.82) is 0 Å². The molecule has 0 N–H and O–H groups in total. The second-order valence-electron chi connectivity index (χ2n) is 6.41. The Kier molecular flexibility index (Phi) is 5.53. The molecule has 0 aliphatic carbocycles. The lowest BCUT2D eigenvalue weighted by molar-refractivity contribution is -0.137. The molecule has 3 rings (SSSR count). The Morgan fingerprint density at radius 1 is 1.17 bits per heavy atom. The Balaban J connectivity index is 1.84. The van der Waals surface area contributed by atoms with E-state index in [1.165, 1.54) is 25.4 Å². The van der Waals surface area contributed by atoms with Crippen molar-refractivity contribution in [3.8, 4) is 5.69 Å². The summed E-state index contributed by atoms with van der Waals surface area (Å²) in [4.78, 5) is 17.5. The second-order valence-corrected chi connectivity index (χ2v) is 6.41. The molecule has 0 bridgehead atoms. The van der Waals surface area contributed by atoms with E-state index < -0.39 is 23.5 Å². The first-order valence-electron chi connectivity index (χ1n) is 8.64. The van der Waals surface area contributed by atoms with Gasteiger partial charge in [0.05, 0.1) is 17.5 Å². The Morgan fingerprint density at radius 2 is 1.90 bits per heavy atom. The lowest BCUT2D eigenvalue weighted by Crippen LogP contribution is -2.23. The third kappa shape index (κ3) is 4.36. The first-order valence-corrected chi connectivity index (χ1v) is 8.64. The molecular formula is C19H18F3N5O2. The van der Waals surface area contributed by atoms with Gasteiger partial charge in [0.1, 0.15) is 6.10 Å². The molecule has 0 spiro atoms. The number of aromatic nitrogens is 4. The van der Waals surface area contributed by atoms with E-state index in [4.69, 9.17) is 4.84 Å². The van der Waals surface area contributed by atoms with Crippen molar-refractivity contribution in [2.75, 3.05) is 0 Å². The van der Waals surface area contributed by atoms with Crippen LogP contribution in [0.2, 0.25) is 0 Å². The Morgan fingerprint density at radius 3 is 2.55 bits per heavy atom. The largest absolute Gasteiger partial charge is 0.416 e. The fourth-order valence-electron chi connectivity index (χ4n) is 2.69. The minimum atomic E-state index is -4.43. The zero-order chi connectivity index (χ0) is 21.2. The highest BCUT2D eigenvalue weighted by Gasteiger charge is 2.30. The Bertz CT molecular complexity index is 1100. The highest BCUT2D eigenvalue weighted by molar-refractivity contribution is 5.86. The van der Waals surface area contributed by atoms with Crippen LogP contribution in [0.1, 0.15) is 35.3 Å². The molecule has 0 amide bonds. The van der Waals surface area contributed by atoms with Gasteiger partial charge in [0, 0.05) is 12.6 Å². The molecule has 3 aromatic rings. The number of benzene rings is 2. The van der Waals surface area contributed by atoms with Crippen LogP contribution in [0.25, 0.3) is 5.69 Å². The molecule has 0 radical (unpaired) electrons. The molecule has 10 heteroatoms. The maximum Gasteiger partial charge on any atom is 0.416 e. The maximum atomic E-state index is 12.9. The molecule has 0 aliphatic heterocycles. The first kappa shape index (κ1) is 20.3. The van der Waals surface area contributed by atoms with Crippen LogP contribution in [0.5, 0.6) is 0 Å². The van der Waals surface area contributed by atoms with Crippen molar-refractivity contribution in [3.63, 3.8) is 0 Å². The monoisotopic (exact) mass is 405 g/mol. The lowest BCUT2D eigenvalue weighted by Gasteiger charge is -2.13. The van der Waals surface area contributed by atoms with E-state index in [-0.39, 0.29) is 0 Å². The van der Waals surface area contributed by atoms with Crippen molar-refractivity contribution >= 4 is 6.21 Å². The average Bonchev–Trinajstić information content (AvgIpc) is 3.01. The van der Waals surface area contributed by atoms with Crippen LogP contribution in [-0.2, 0) is 18.1 Å². The van der Waals surface area contributed by atoms with Crippen molar-refractivity contribution in [2.45, 2.75) is 26.1 Å². The maximum absolute atomic E-state index is 12.9. The smallest absolute Gasteiger partial charge is 0.388 e. The second kappa shape index (κ2) is 7.90. The minimum Gasteiger partial charge on any atom is -0.388 e. The molecule has 1 unspecified atom stereocenters. The molecule has 1 atom stereocenters. The summed E-state index contributed by atoms with van der Waals surface area (Å²) < 4.78 is 40.9. The topological polar surface area (TPSA) is 74.3 Å². The molecule has 1 heterocycles. The van der Waals surface area contributed by atoms with Crippen LogP contribution in [0.4, 0.5) is 13.2 Å². The molecule has 2 aromatic carbocycles. The van der Waals surface area contributed by atoms with Crippen molar-refractivity contribution < 1.29 is 18.0 Å². The van der Waals surface area contributed by atoms with Crippen molar-refractivity contribution in [3.05, 3.63) is 75.2 Å². The predicted molar refractivity (Wildman–Crippen MR) is 99.9 cm³/mol. The van der Waals surface area contributed by atoms with Crippen LogP contribution in [0.3, 0.4) is 0 Å². The molecule has 0 fully saturated rings. The van der Waals surface area contributed by atoms with Gasteiger partial charge in [-0.2, -0.15) is 22.5 Å². The van der Waals surface area contributed by atoms with Crippen LogP contribution in [0, 0.1) is 6.92 Å². The molecule has 0 aliphatic rings. The standard InChI is InChI=1S/C19H18F3N5O2/c1-12-6-4-9-17(27-18(28)26(3)24-25-27)16(12)11-23-29-13(2)14-7-5-8-15(10-14)19(20,21)22/h4-11,13H,1-3H3/b23-11+. The molecule has 7 nitrogen and oxygen atoms in total. The van der Waals surface area contributed by atoms with E-state index in [9.17, 15) is 18.0 Å². The van der Waals surface area contributed by atoms with Crippen LogP contribution < -0.4 is 5.69 Å². The molecule has 1 aromatic heterocycles. The van der Waals surface area contributed by atoms with Crippen molar-refractivity contribution in [2.24, 2.45) is 12.2 Å². The van der Waals surface area contributed by atoms with Gasteiger partial charge in [-0.25, -0.2) is 4.79 Å². The van der Waals surface area contributed by atoms with Crippen molar-refractivity contribution in [1.82, 2.24) is 19.8 Å². The molecule has 0 saturated heterocycles. The van der Waals surface area contributed by atoms with Gasteiger partial charge in [-0.05, 0) is 53.6 Å². The fourth-order valence-corrected chi connectivity index (χ4v) is 2.69. The number of hydrogen-bond donors (Lipinski definition) is 0.